The molecule has 0 aliphatic heterocycles. The van der Waals surface area contributed by atoms with E-state index in [1.54, 1.807) is 7.05 Å². The molecule has 1 heterocycles. The summed E-state index contributed by atoms with van der Waals surface area (Å²) < 4.78 is 31.3. The van der Waals surface area contributed by atoms with E-state index in [4.69, 9.17) is 4.74 Å². The first-order valence-electron chi connectivity index (χ1n) is 4.79. The SMILES string of the molecule is CNCc1nnc(Oc2cc(F)ccc2F)s1. The first kappa shape index (κ1) is 11.9. The van der Waals surface area contributed by atoms with Gasteiger partial charge in [-0.15, -0.1) is 5.10 Å². The van der Waals surface area contributed by atoms with E-state index in [1.165, 1.54) is 11.3 Å². The molecule has 90 valence electrons. The van der Waals surface area contributed by atoms with Crippen LogP contribution in [0.3, 0.4) is 0 Å². The Hall–Kier alpha value is -1.60. The molecule has 0 fully saturated rings. The fraction of sp³-hybridized carbons (Fsp3) is 0.200. The molecule has 0 bridgehead atoms. The Balaban J connectivity index is 2.16. The van der Waals surface area contributed by atoms with Gasteiger partial charge in [-0.2, -0.15) is 0 Å². The van der Waals surface area contributed by atoms with Gasteiger partial charge in [-0.3, -0.25) is 0 Å². The van der Waals surface area contributed by atoms with Gasteiger partial charge in [0.2, 0.25) is 0 Å². The number of nitrogens with one attached hydrogen (secondary N) is 1. The standard InChI is InChI=1S/C10H9F2N3OS/c1-13-5-9-14-15-10(17-9)16-8-4-6(11)2-3-7(8)12/h2-4,13H,5H2,1H3. The predicted molar refractivity (Wildman–Crippen MR) is 59.1 cm³/mol. The molecule has 0 atom stereocenters. The average molecular weight is 257 g/mol. The van der Waals surface area contributed by atoms with Gasteiger partial charge in [-0.05, 0) is 19.2 Å². The lowest BCUT2D eigenvalue weighted by Crippen LogP contribution is -2.04. The molecule has 0 aliphatic carbocycles. The van der Waals surface area contributed by atoms with Crippen molar-refractivity contribution < 1.29 is 13.5 Å². The summed E-state index contributed by atoms with van der Waals surface area (Å²) in [7, 11) is 1.77. The van der Waals surface area contributed by atoms with Gasteiger partial charge >= 0.3 is 0 Å². The van der Waals surface area contributed by atoms with E-state index in [9.17, 15) is 8.78 Å². The van der Waals surface area contributed by atoms with Crippen LogP contribution in [-0.4, -0.2) is 17.2 Å². The van der Waals surface area contributed by atoms with Crippen molar-refractivity contribution in [1.82, 2.24) is 15.5 Å². The molecule has 2 rings (SSSR count). The lowest BCUT2D eigenvalue weighted by Gasteiger charge is -2.01. The molecule has 1 aromatic heterocycles. The maximum atomic E-state index is 13.3. The molecule has 0 unspecified atom stereocenters. The number of ether oxygens (including phenoxy) is 1. The third kappa shape index (κ3) is 2.95. The van der Waals surface area contributed by atoms with Crippen LogP contribution in [0.5, 0.6) is 10.9 Å². The van der Waals surface area contributed by atoms with Gasteiger partial charge in [-0.1, -0.05) is 16.4 Å². The van der Waals surface area contributed by atoms with E-state index in [-0.39, 0.29) is 10.9 Å². The highest BCUT2D eigenvalue weighted by molar-refractivity contribution is 7.13. The first-order valence-corrected chi connectivity index (χ1v) is 5.60. The van der Waals surface area contributed by atoms with Crippen molar-refractivity contribution in [2.24, 2.45) is 0 Å². The Kier molecular flexibility index (Phi) is 3.60. The zero-order valence-corrected chi connectivity index (χ0v) is 9.72. The number of rotatable bonds is 4. The van der Waals surface area contributed by atoms with Crippen molar-refractivity contribution in [2.45, 2.75) is 6.54 Å². The molecule has 0 amide bonds. The molecule has 7 heteroatoms. The van der Waals surface area contributed by atoms with Crippen LogP contribution in [0.2, 0.25) is 0 Å². The van der Waals surface area contributed by atoms with Crippen molar-refractivity contribution in [3.05, 3.63) is 34.8 Å². The number of benzene rings is 1. The van der Waals surface area contributed by atoms with Crippen LogP contribution in [0.25, 0.3) is 0 Å². The molecule has 0 radical (unpaired) electrons. The Morgan fingerprint density at radius 1 is 1.35 bits per heavy atom. The quantitative estimate of drug-likeness (QED) is 0.913. The summed E-state index contributed by atoms with van der Waals surface area (Å²) in [6.45, 7) is 0.548. The van der Waals surface area contributed by atoms with Crippen LogP contribution in [-0.2, 0) is 6.54 Å². The fourth-order valence-electron chi connectivity index (χ4n) is 1.15. The predicted octanol–water partition coefficient (Wildman–Crippen LogP) is 2.33. The normalized spacial score (nSPS) is 10.5. The summed E-state index contributed by atoms with van der Waals surface area (Å²) in [5.41, 5.74) is 0. The lowest BCUT2D eigenvalue weighted by molar-refractivity contribution is 0.430. The van der Waals surface area contributed by atoms with Crippen molar-refractivity contribution in [3.63, 3.8) is 0 Å². The van der Waals surface area contributed by atoms with Crippen LogP contribution in [0.4, 0.5) is 8.78 Å². The Bertz CT molecular complexity index is 518. The second-order valence-corrected chi connectivity index (χ2v) is 4.19. The van der Waals surface area contributed by atoms with Crippen LogP contribution >= 0.6 is 11.3 Å². The molecule has 0 aliphatic rings. The van der Waals surface area contributed by atoms with Crippen molar-refractivity contribution in [2.75, 3.05) is 7.05 Å². The van der Waals surface area contributed by atoms with Gasteiger partial charge in [-0.25, -0.2) is 8.78 Å². The second-order valence-electron chi connectivity index (χ2n) is 3.17. The first-order chi connectivity index (χ1) is 8.19. The van der Waals surface area contributed by atoms with Crippen LogP contribution in [0.1, 0.15) is 5.01 Å². The summed E-state index contributed by atoms with van der Waals surface area (Å²) >= 11 is 1.17. The largest absolute Gasteiger partial charge is 0.427 e. The van der Waals surface area contributed by atoms with E-state index < -0.39 is 11.6 Å². The fourth-order valence-corrected chi connectivity index (χ4v) is 1.86. The molecule has 1 N–H and O–H groups in total. The topological polar surface area (TPSA) is 47.0 Å². The highest BCUT2D eigenvalue weighted by atomic mass is 32.1. The van der Waals surface area contributed by atoms with Gasteiger partial charge in [0.15, 0.2) is 11.6 Å². The van der Waals surface area contributed by atoms with Gasteiger partial charge in [0.25, 0.3) is 5.19 Å². The number of hydrogen-bond acceptors (Lipinski definition) is 5. The summed E-state index contributed by atoms with van der Waals surface area (Å²) in [6.07, 6.45) is 0. The summed E-state index contributed by atoms with van der Waals surface area (Å²) in [5, 5.41) is 11.3. The van der Waals surface area contributed by atoms with E-state index in [0.717, 1.165) is 18.2 Å². The highest BCUT2D eigenvalue weighted by Crippen LogP contribution is 2.27. The average Bonchev–Trinajstić information content (AvgIpc) is 2.72. The molecule has 0 saturated carbocycles. The maximum Gasteiger partial charge on any atom is 0.299 e. The minimum absolute atomic E-state index is 0.180. The van der Waals surface area contributed by atoms with Crippen LogP contribution < -0.4 is 10.1 Å². The molecule has 17 heavy (non-hydrogen) atoms. The highest BCUT2D eigenvalue weighted by Gasteiger charge is 2.10. The van der Waals surface area contributed by atoms with Gasteiger partial charge in [0.05, 0.1) is 0 Å². The molecule has 4 nitrogen and oxygen atoms in total. The van der Waals surface area contributed by atoms with E-state index in [0.29, 0.717) is 11.6 Å². The van der Waals surface area contributed by atoms with Gasteiger partial charge in [0.1, 0.15) is 10.8 Å². The van der Waals surface area contributed by atoms with E-state index >= 15 is 0 Å². The molecule has 2 aromatic rings. The van der Waals surface area contributed by atoms with Crippen LogP contribution in [0.15, 0.2) is 18.2 Å². The van der Waals surface area contributed by atoms with Crippen molar-refractivity contribution in [3.8, 4) is 10.9 Å². The smallest absolute Gasteiger partial charge is 0.299 e. The van der Waals surface area contributed by atoms with Crippen LogP contribution in [0, 0.1) is 11.6 Å². The number of aromatic nitrogens is 2. The lowest BCUT2D eigenvalue weighted by atomic mass is 10.3. The minimum atomic E-state index is -0.642. The van der Waals surface area contributed by atoms with Crippen molar-refractivity contribution in [1.29, 1.82) is 0 Å². The number of halogens is 2. The third-order valence-corrected chi connectivity index (χ3v) is 2.67. The van der Waals surface area contributed by atoms with Gasteiger partial charge in [0, 0.05) is 12.6 Å². The number of hydrogen-bond donors (Lipinski definition) is 1. The minimum Gasteiger partial charge on any atom is -0.427 e. The second kappa shape index (κ2) is 5.15. The van der Waals surface area contributed by atoms with E-state index in [1.807, 2.05) is 0 Å². The molecule has 1 aromatic carbocycles. The maximum absolute atomic E-state index is 13.3. The monoisotopic (exact) mass is 257 g/mol. The third-order valence-electron chi connectivity index (χ3n) is 1.87. The van der Waals surface area contributed by atoms with E-state index in [2.05, 4.69) is 15.5 Å². The Morgan fingerprint density at radius 2 is 2.18 bits per heavy atom. The number of nitrogens with zero attached hydrogens (tertiary/aromatic N) is 2. The summed E-state index contributed by atoms with van der Waals surface area (Å²) in [5.74, 6) is -1.41. The zero-order chi connectivity index (χ0) is 12.3. The molecule has 0 spiro atoms. The molecule has 0 saturated heterocycles. The molecular weight excluding hydrogens is 248 g/mol. The Labute approximate surface area is 100 Å². The summed E-state index contributed by atoms with van der Waals surface area (Å²) in [4.78, 5) is 0. The van der Waals surface area contributed by atoms with Crippen molar-refractivity contribution >= 4 is 11.3 Å². The zero-order valence-electron chi connectivity index (χ0n) is 8.91. The Morgan fingerprint density at radius 3 is 2.94 bits per heavy atom. The summed E-state index contributed by atoms with van der Waals surface area (Å²) in [6, 6.07) is 2.99. The van der Waals surface area contributed by atoms with Gasteiger partial charge < -0.3 is 10.1 Å². The molecular formula is C10H9F2N3OS.